The molecule has 0 saturated heterocycles. The van der Waals surface area contributed by atoms with Gasteiger partial charge in [0.05, 0.1) is 37.9 Å². The summed E-state index contributed by atoms with van der Waals surface area (Å²) in [6, 6.07) is 0. The van der Waals surface area contributed by atoms with Crippen molar-refractivity contribution in [2.75, 3.05) is 60.4 Å². The topological polar surface area (TPSA) is 136 Å². The van der Waals surface area contributed by atoms with Crippen molar-refractivity contribution in [3.05, 3.63) is 31.5 Å². The average molecular weight is 1150 g/mol. The summed E-state index contributed by atoms with van der Waals surface area (Å²) in [5.41, 5.74) is -2.51. The molecule has 1 aromatic rings. The lowest BCUT2D eigenvalue weighted by Crippen LogP contribution is -2.58. The van der Waals surface area contributed by atoms with Crippen molar-refractivity contribution < 1.29 is 15.3 Å². The van der Waals surface area contributed by atoms with Gasteiger partial charge in [0.15, 0.2) is 0 Å². The largest absolute Gasteiger partial charge is 0.390 e. The molecule has 1 aromatic heterocycles. The molecule has 12 nitrogen and oxygen atoms in total. The van der Waals surface area contributed by atoms with Crippen LogP contribution in [0.15, 0.2) is 14.4 Å². The third kappa shape index (κ3) is 45.2. The van der Waals surface area contributed by atoms with Crippen molar-refractivity contribution in [1.29, 1.82) is 0 Å². The highest BCUT2D eigenvalue weighted by molar-refractivity contribution is 4.84. The lowest BCUT2D eigenvalue weighted by atomic mass is 10.0. The van der Waals surface area contributed by atoms with Gasteiger partial charge < -0.3 is 30.0 Å². The van der Waals surface area contributed by atoms with E-state index in [9.17, 15) is 29.7 Å². The number of likely N-dealkylation sites (N-methyl/N-ethyl adjacent to an activating group) is 3. The van der Waals surface area contributed by atoms with E-state index in [0.29, 0.717) is 0 Å². The fourth-order valence-electron chi connectivity index (χ4n) is 12.1. The lowest BCUT2D eigenvalue weighted by Gasteiger charge is -2.24. The Morgan fingerprint density at radius 3 is 0.543 bits per heavy atom. The van der Waals surface area contributed by atoms with Crippen molar-refractivity contribution in [3.63, 3.8) is 0 Å². The first-order valence-electron chi connectivity index (χ1n) is 35.5. The van der Waals surface area contributed by atoms with Crippen LogP contribution in [0.2, 0.25) is 0 Å². The molecular weight excluding hydrogens is 1010 g/mol. The van der Waals surface area contributed by atoms with Crippen LogP contribution in [-0.2, 0) is 19.6 Å². The molecule has 81 heavy (non-hydrogen) atoms. The van der Waals surface area contributed by atoms with E-state index in [2.05, 4.69) is 20.8 Å². The fourth-order valence-corrected chi connectivity index (χ4v) is 12.1. The first-order valence-corrected chi connectivity index (χ1v) is 35.5. The van der Waals surface area contributed by atoms with Crippen LogP contribution < -0.4 is 17.1 Å². The number of hydrogen-bond donors (Lipinski definition) is 3. The van der Waals surface area contributed by atoms with E-state index in [4.69, 9.17) is 0 Å². The van der Waals surface area contributed by atoms with Crippen LogP contribution in [-0.4, -0.2) is 122 Å². The minimum absolute atomic E-state index is 0.267. The van der Waals surface area contributed by atoms with E-state index in [1.165, 1.54) is 270 Å². The summed E-state index contributed by atoms with van der Waals surface area (Å²) in [4.78, 5) is 48.3. The van der Waals surface area contributed by atoms with Gasteiger partial charge in [-0.1, -0.05) is 310 Å². The van der Waals surface area contributed by atoms with Gasteiger partial charge in [0.1, 0.15) is 0 Å². The van der Waals surface area contributed by atoms with Crippen molar-refractivity contribution in [2.45, 2.75) is 367 Å². The van der Waals surface area contributed by atoms with Crippen LogP contribution in [0.5, 0.6) is 0 Å². The third-order valence-corrected chi connectivity index (χ3v) is 17.3. The Morgan fingerprint density at radius 2 is 0.395 bits per heavy atom. The minimum Gasteiger partial charge on any atom is -0.390 e. The second-order valence-corrected chi connectivity index (χ2v) is 25.8. The number of hydrogen-bond acceptors (Lipinski definition) is 9. The zero-order chi connectivity index (χ0) is 59.2. The predicted octanol–water partition coefficient (Wildman–Crippen LogP) is 15.8. The monoisotopic (exact) mass is 1150 g/mol. The van der Waals surface area contributed by atoms with E-state index >= 15 is 0 Å². The van der Waals surface area contributed by atoms with Gasteiger partial charge in [-0.3, -0.25) is 0 Å². The Morgan fingerprint density at radius 1 is 0.259 bits per heavy atom. The maximum atomic E-state index is 14.1. The molecule has 0 aliphatic heterocycles. The molecule has 3 N–H and O–H groups in total. The number of aliphatic hydroxyl groups excluding tert-OH is 3. The number of aliphatic hydroxyl groups is 3. The van der Waals surface area contributed by atoms with Crippen LogP contribution in [0, 0.1) is 0 Å². The van der Waals surface area contributed by atoms with E-state index in [-0.39, 0.29) is 39.3 Å². The first kappa shape index (κ1) is 77.2. The van der Waals surface area contributed by atoms with Gasteiger partial charge in [-0.25, -0.2) is 28.1 Å². The lowest BCUT2D eigenvalue weighted by molar-refractivity contribution is 0.0901. The molecule has 0 radical (unpaired) electrons. The maximum Gasteiger partial charge on any atom is 0.336 e. The molecule has 3 atom stereocenters. The van der Waals surface area contributed by atoms with Gasteiger partial charge in [0.2, 0.25) is 0 Å². The van der Waals surface area contributed by atoms with Gasteiger partial charge in [-0.15, -0.1) is 0 Å². The van der Waals surface area contributed by atoms with Gasteiger partial charge in [0.25, 0.3) is 0 Å². The minimum atomic E-state index is -1.03. The Bertz CT molecular complexity index is 1460. The van der Waals surface area contributed by atoms with Gasteiger partial charge >= 0.3 is 17.1 Å². The second-order valence-electron chi connectivity index (χ2n) is 25.8. The molecule has 3 unspecified atom stereocenters. The molecule has 0 bridgehead atoms. The summed E-state index contributed by atoms with van der Waals surface area (Å²) < 4.78 is 2.82. The quantitative estimate of drug-likeness (QED) is 0.0545. The predicted molar refractivity (Wildman–Crippen MR) is 348 cm³/mol. The number of unbranched alkanes of at least 4 members (excludes halogenated alkanes) is 45. The third-order valence-electron chi connectivity index (χ3n) is 17.3. The van der Waals surface area contributed by atoms with Gasteiger partial charge in [-0.05, 0) is 60.0 Å². The zero-order valence-corrected chi connectivity index (χ0v) is 54.8. The van der Waals surface area contributed by atoms with Crippen molar-refractivity contribution in [1.82, 2.24) is 28.4 Å². The molecule has 0 spiro atoms. The second kappa shape index (κ2) is 56.0. The summed E-state index contributed by atoms with van der Waals surface area (Å²) in [6.07, 6.45) is 59.8. The Labute approximate surface area is 500 Å². The molecule has 0 aromatic carbocycles. The van der Waals surface area contributed by atoms with E-state index < -0.39 is 35.4 Å². The van der Waals surface area contributed by atoms with Gasteiger partial charge in [0, 0.05) is 19.6 Å². The number of aromatic nitrogens is 3. The van der Waals surface area contributed by atoms with Crippen LogP contribution in [0.4, 0.5) is 0 Å². The van der Waals surface area contributed by atoms with Crippen LogP contribution in [0.1, 0.15) is 329 Å². The van der Waals surface area contributed by atoms with Crippen molar-refractivity contribution >= 4 is 0 Å². The molecule has 0 fully saturated rings. The van der Waals surface area contributed by atoms with E-state index in [1.54, 1.807) is 0 Å². The molecule has 0 saturated carbocycles. The average Bonchev–Trinajstić information content (AvgIpc) is 3.46. The summed E-state index contributed by atoms with van der Waals surface area (Å²) in [5, 5.41) is 34.0. The molecule has 1 heterocycles. The van der Waals surface area contributed by atoms with Crippen LogP contribution in [0.25, 0.3) is 0 Å². The summed E-state index contributed by atoms with van der Waals surface area (Å²) in [7, 11) is 5.86. The molecular formula is C69H138N6O6. The highest BCUT2D eigenvalue weighted by Gasteiger charge is 2.23. The zero-order valence-electron chi connectivity index (χ0n) is 54.8. The molecule has 0 aliphatic carbocycles. The molecule has 0 amide bonds. The van der Waals surface area contributed by atoms with E-state index in [0.717, 1.165) is 71.9 Å². The normalized spacial score (nSPS) is 13.2. The highest BCUT2D eigenvalue weighted by Crippen LogP contribution is 2.17. The SMILES string of the molecule is CCCCCCCCCCCCCCCCCCN(C)CC(O)Cn1c(=O)n(CC(O)CN(C)CCCCCCCCCCCCCCCCCC)c(=O)n(CC(O)CN(C)CCCCCCCCCCCCCCCCCC)c1=O. The van der Waals surface area contributed by atoms with Crippen molar-refractivity contribution in [3.8, 4) is 0 Å². The fraction of sp³-hybridized carbons (Fsp3) is 0.957. The van der Waals surface area contributed by atoms with Gasteiger partial charge in [-0.2, -0.15) is 0 Å². The summed E-state index contributed by atoms with van der Waals surface area (Å²) >= 11 is 0. The molecule has 1 rings (SSSR count). The smallest absolute Gasteiger partial charge is 0.336 e. The Kier molecular flexibility index (Phi) is 53.4. The number of rotatable bonds is 63. The van der Waals surface area contributed by atoms with E-state index in [1.807, 2.05) is 35.8 Å². The first-order chi connectivity index (χ1) is 39.4. The maximum absolute atomic E-state index is 14.1. The molecule has 0 aliphatic rings. The number of nitrogens with zero attached hydrogens (tertiary/aromatic N) is 6. The Hall–Kier alpha value is -1.83. The standard InChI is InChI=1S/C69H138N6O6/c1-7-10-13-16-19-22-25-28-31-34-37-40-43-46-49-52-55-70(4)58-64(76)61-73-67(79)74(62-65(77)59-71(5)56-53-50-47-44-41-38-35-32-29-26-23-20-17-14-11-8-2)69(81)75(68(73)80)63-66(78)60-72(6)57-54-51-48-45-42-39-36-33-30-27-24-21-18-15-12-9-3/h64-66,76-78H,7-63H2,1-6H3. The van der Waals surface area contributed by atoms with Crippen LogP contribution >= 0.6 is 0 Å². The van der Waals surface area contributed by atoms with Crippen LogP contribution in [0.3, 0.4) is 0 Å². The molecule has 12 heteroatoms. The summed E-state index contributed by atoms with van der Waals surface area (Å²) in [6.45, 7) is 9.17. The Balaban J connectivity index is 2.70. The highest BCUT2D eigenvalue weighted by atomic mass is 16.3. The molecule has 480 valence electrons. The van der Waals surface area contributed by atoms with Crippen molar-refractivity contribution in [2.24, 2.45) is 0 Å². The summed E-state index contributed by atoms with van der Waals surface area (Å²) in [5.74, 6) is 0.